The van der Waals surface area contributed by atoms with Crippen molar-refractivity contribution in [3.05, 3.63) is 18.3 Å². The van der Waals surface area contributed by atoms with Gasteiger partial charge in [0.1, 0.15) is 0 Å². The fourth-order valence-electron chi connectivity index (χ4n) is 1.54. The highest BCUT2D eigenvalue weighted by atomic mass is 16.5. The number of hydrogen-bond acceptors (Lipinski definition) is 3. The number of hydrogen-bond donors (Lipinski definition) is 1. The maximum Gasteiger partial charge on any atom is 0.168 e. The summed E-state index contributed by atoms with van der Waals surface area (Å²) < 4.78 is 5.68. The van der Waals surface area contributed by atoms with Crippen LogP contribution in [0.1, 0.15) is 40.5 Å². The minimum absolute atomic E-state index is 0.402. The van der Waals surface area contributed by atoms with Crippen molar-refractivity contribution in [2.24, 2.45) is 5.92 Å². The van der Waals surface area contributed by atoms with Crippen LogP contribution in [0.2, 0.25) is 0 Å². The van der Waals surface area contributed by atoms with Gasteiger partial charge in [0, 0.05) is 12.2 Å². The molecule has 17 heavy (non-hydrogen) atoms. The molecule has 2 unspecified atom stereocenters. The van der Waals surface area contributed by atoms with E-state index in [4.69, 9.17) is 4.74 Å². The van der Waals surface area contributed by atoms with Crippen LogP contribution in [0.25, 0.3) is 0 Å². The van der Waals surface area contributed by atoms with E-state index in [0.717, 1.165) is 31.0 Å². The van der Waals surface area contributed by atoms with E-state index in [0.29, 0.717) is 12.0 Å². The monoisotopic (exact) mass is 236 g/mol. The lowest BCUT2D eigenvalue weighted by atomic mass is 10.0. The van der Waals surface area contributed by atoms with Gasteiger partial charge in [0.05, 0.1) is 6.61 Å². The molecule has 96 valence electrons. The van der Waals surface area contributed by atoms with Crippen molar-refractivity contribution in [1.29, 1.82) is 0 Å². The van der Waals surface area contributed by atoms with Crippen LogP contribution in [0, 0.1) is 5.92 Å². The van der Waals surface area contributed by atoms with E-state index in [1.165, 1.54) is 0 Å². The van der Waals surface area contributed by atoms with Gasteiger partial charge >= 0.3 is 0 Å². The molecule has 1 heterocycles. The first-order chi connectivity index (χ1) is 8.19. The molecule has 0 bridgehead atoms. The topological polar surface area (TPSA) is 34.1 Å². The minimum atomic E-state index is 0.402. The van der Waals surface area contributed by atoms with E-state index in [9.17, 15) is 0 Å². The van der Waals surface area contributed by atoms with Gasteiger partial charge in [-0.1, -0.05) is 27.2 Å². The Morgan fingerprint density at radius 2 is 2.12 bits per heavy atom. The molecule has 0 aromatic carbocycles. The Morgan fingerprint density at radius 3 is 2.76 bits per heavy atom. The number of nitrogens with one attached hydrogen (secondary N) is 1. The predicted octanol–water partition coefficient (Wildman–Crippen LogP) is 3.72. The van der Waals surface area contributed by atoms with Gasteiger partial charge in [-0.2, -0.15) is 0 Å². The number of anilines is 1. The first kappa shape index (κ1) is 13.8. The first-order valence-electron chi connectivity index (χ1n) is 6.53. The standard InChI is InChI=1S/C14H24N2O/c1-5-10-17-13-8-7-9-15-14(13)16-12(4)11(3)6-2/h7-9,11-12H,5-6,10H2,1-4H3,(H,15,16). The van der Waals surface area contributed by atoms with Crippen LogP contribution in [-0.4, -0.2) is 17.6 Å². The first-order valence-corrected chi connectivity index (χ1v) is 6.53. The quantitative estimate of drug-likeness (QED) is 0.783. The van der Waals surface area contributed by atoms with Gasteiger partial charge in [0.2, 0.25) is 0 Å². The molecule has 0 amide bonds. The smallest absolute Gasteiger partial charge is 0.168 e. The van der Waals surface area contributed by atoms with Gasteiger partial charge in [0.15, 0.2) is 11.6 Å². The molecule has 0 fully saturated rings. The van der Waals surface area contributed by atoms with Gasteiger partial charge in [-0.05, 0) is 31.4 Å². The Labute approximate surface area is 105 Å². The summed E-state index contributed by atoms with van der Waals surface area (Å²) >= 11 is 0. The van der Waals surface area contributed by atoms with Crippen LogP contribution in [-0.2, 0) is 0 Å². The van der Waals surface area contributed by atoms with E-state index in [2.05, 4.69) is 38.0 Å². The number of pyridine rings is 1. The average molecular weight is 236 g/mol. The van der Waals surface area contributed by atoms with E-state index < -0.39 is 0 Å². The van der Waals surface area contributed by atoms with Crippen LogP contribution in [0.3, 0.4) is 0 Å². The molecule has 0 radical (unpaired) electrons. The highest BCUT2D eigenvalue weighted by Gasteiger charge is 2.12. The molecule has 2 atom stereocenters. The molecule has 0 spiro atoms. The molecular weight excluding hydrogens is 212 g/mol. The third kappa shape index (κ3) is 4.25. The molecule has 0 aliphatic heterocycles. The van der Waals surface area contributed by atoms with Gasteiger partial charge in [-0.15, -0.1) is 0 Å². The summed E-state index contributed by atoms with van der Waals surface area (Å²) in [5.74, 6) is 2.33. The van der Waals surface area contributed by atoms with Crippen molar-refractivity contribution in [1.82, 2.24) is 4.98 Å². The minimum Gasteiger partial charge on any atom is -0.490 e. The van der Waals surface area contributed by atoms with Crippen molar-refractivity contribution in [2.75, 3.05) is 11.9 Å². The summed E-state index contributed by atoms with van der Waals surface area (Å²) in [4.78, 5) is 4.35. The lowest BCUT2D eigenvalue weighted by Gasteiger charge is -2.21. The van der Waals surface area contributed by atoms with E-state index >= 15 is 0 Å². The maximum absolute atomic E-state index is 5.68. The molecule has 1 aromatic heterocycles. The molecular formula is C14H24N2O. The van der Waals surface area contributed by atoms with E-state index in [-0.39, 0.29) is 0 Å². The average Bonchev–Trinajstić information content (AvgIpc) is 2.36. The molecule has 0 aliphatic carbocycles. The van der Waals surface area contributed by atoms with Crippen molar-refractivity contribution in [3.63, 3.8) is 0 Å². The van der Waals surface area contributed by atoms with E-state index in [1.54, 1.807) is 6.20 Å². The molecule has 1 aromatic rings. The molecule has 3 nitrogen and oxygen atoms in total. The second kappa shape index (κ2) is 7.15. The number of nitrogens with zero attached hydrogens (tertiary/aromatic N) is 1. The third-order valence-corrected chi connectivity index (χ3v) is 3.09. The van der Waals surface area contributed by atoms with Gasteiger partial charge in [0.25, 0.3) is 0 Å². The summed E-state index contributed by atoms with van der Waals surface area (Å²) in [7, 11) is 0. The van der Waals surface area contributed by atoms with Crippen LogP contribution < -0.4 is 10.1 Å². The number of rotatable bonds is 7. The fraction of sp³-hybridized carbons (Fsp3) is 0.643. The second-order valence-electron chi connectivity index (χ2n) is 4.52. The normalized spacial score (nSPS) is 14.1. The molecule has 3 heteroatoms. The van der Waals surface area contributed by atoms with Gasteiger partial charge < -0.3 is 10.1 Å². The van der Waals surface area contributed by atoms with E-state index in [1.807, 2.05) is 12.1 Å². The zero-order valence-corrected chi connectivity index (χ0v) is 11.4. The van der Waals surface area contributed by atoms with Crippen LogP contribution in [0.4, 0.5) is 5.82 Å². The van der Waals surface area contributed by atoms with Gasteiger partial charge in [-0.3, -0.25) is 0 Å². The predicted molar refractivity (Wildman–Crippen MR) is 72.6 cm³/mol. The summed E-state index contributed by atoms with van der Waals surface area (Å²) in [6.07, 6.45) is 3.96. The summed E-state index contributed by atoms with van der Waals surface area (Å²) in [5.41, 5.74) is 0. The Kier molecular flexibility index (Phi) is 5.81. The molecule has 1 N–H and O–H groups in total. The highest BCUT2D eigenvalue weighted by Crippen LogP contribution is 2.23. The molecule has 0 saturated carbocycles. The SMILES string of the molecule is CCCOc1cccnc1NC(C)C(C)CC. The molecule has 0 saturated heterocycles. The number of aromatic nitrogens is 1. The maximum atomic E-state index is 5.68. The van der Waals surface area contributed by atoms with Gasteiger partial charge in [-0.25, -0.2) is 4.98 Å². The molecule has 1 rings (SSSR count). The lowest BCUT2D eigenvalue weighted by molar-refractivity contribution is 0.317. The summed E-state index contributed by atoms with van der Waals surface area (Å²) in [6, 6.07) is 4.28. The van der Waals surface area contributed by atoms with Crippen molar-refractivity contribution in [3.8, 4) is 5.75 Å². The van der Waals surface area contributed by atoms with Crippen LogP contribution >= 0.6 is 0 Å². The Bertz CT molecular complexity index is 328. The number of ether oxygens (including phenoxy) is 1. The molecule has 0 aliphatic rings. The Balaban J connectivity index is 2.68. The third-order valence-electron chi connectivity index (χ3n) is 3.09. The van der Waals surface area contributed by atoms with Crippen molar-refractivity contribution in [2.45, 2.75) is 46.6 Å². The summed E-state index contributed by atoms with van der Waals surface area (Å²) in [6.45, 7) is 9.47. The van der Waals surface area contributed by atoms with Crippen LogP contribution in [0.5, 0.6) is 5.75 Å². The lowest BCUT2D eigenvalue weighted by Crippen LogP contribution is -2.24. The van der Waals surface area contributed by atoms with Crippen molar-refractivity contribution < 1.29 is 4.74 Å². The second-order valence-corrected chi connectivity index (χ2v) is 4.52. The van der Waals surface area contributed by atoms with Crippen molar-refractivity contribution >= 4 is 5.82 Å². The Morgan fingerprint density at radius 1 is 1.35 bits per heavy atom. The largest absolute Gasteiger partial charge is 0.490 e. The fourth-order valence-corrected chi connectivity index (χ4v) is 1.54. The zero-order valence-electron chi connectivity index (χ0n) is 11.4. The highest BCUT2D eigenvalue weighted by molar-refractivity contribution is 5.50. The summed E-state index contributed by atoms with van der Waals surface area (Å²) in [5, 5.41) is 3.43. The zero-order chi connectivity index (χ0) is 12.7. The van der Waals surface area contributed by atoms with Crippen LogP contribution in [0.15, 0.2) is 18.3 Å². The Hall–Kier alpha value is -1.25.